The summed E-state index contributed by atoms with van der Waals surface area (Å²) in [5.74, 6) is 0.907. The van der Waals surface area contributed by atoms with Gasteiger partial charge in [-0.3, -0.25) is 0 Å². The molecule has 0 aliphatic rings. The molecule has 0 aliphatic carbocycles. The van der Waals surface area contributed by atoms with Gasteiger partial charge in [-0.2, -0.15) is 0 Å². The van der Waals surface area contributed by atoms with Gasteiger partial charge in [0.05, 0.1) is 6.10 Å². The Balaban J connectivity index is 2.07. The third-order valence-corrected chi connectivity index (χ3v) is 3.67. The van der Waals surface area contributed by atoms with Crippen LogP contribution in [0.15, 0.2) is 48.5 Å². The van der Waals surface area contributed by atoms with E-state index in [2.05, 4.69) is 37.3 Å². The Morgan fingerprint density at radius 1 is 1.00 bits per heavy atom. The second kappa shape index (κ2) is 7.28. The van der Waals surface area contributed by atoms with E-state index in [1.807, 2.05) is 32.0 Å². The average molecular weight is 283 g/mol. The molecule has 0 saturated heterocycles. The van der Waals surface area contributed by atoms with Gasteiger partial charge in [-0.25, -0.2) is 0 Å². The van der Waals surface area contributed by atoms with E-state index in [0.717, 1.165) is 24.2 Å². The van der Waals surface area contributed by atoms with Crippen LogP contribution in [0, 0.1) is 6.92 Å². The van der Waals surface area contributed by atoms with Crippen molar-refractivity contribution in [2.45, 2.75) is 45.8 Å². The summed E-state index contributed by atoms with van der Waals surface area (Å²) in [7, 11) is 0. The Labute approximate surface area is 127 Å². The summed E-state index contributed by atoms with van der Waals surface area (Å²) in [5, 5.41) is 0. The van der Waals surface area contributed by atoms with E-state index in [1.54, 1.807) is 0 Å². The van der Waals surface area contributed by atoms with Crippen molar-refractivity contribution < 1.29 is 4.74 Å². The van der Waals surface area contributed by atoms with Crippen molar-refractivity contribution >= 4 is 0 Å². The standard InChI is InChI=1S/C19H25NO/c1-14(2)21-19-11-7-6-10-17(19)18(20)13-12-16-9-5-4-8-15(16)3/h4-11,14,18H,12-13,20H2,1-3H3. The van der Waals surface area contributed by atoms with Crippen molar-refractivity contribution in [3.05, 3.63) is 65.2 Å². The van der Waals surface area contributed by atoms with Crippen LogP contribution >= 0.6 is 0 Å². The second-order valence-corrected chi connectivity index (χ2v) is 5.78. The molecule has 0 fully saturated rings. The maximum absolute atomic E-state index is 6.39. The van der Waals surface area contributed by atoms with Crippen molar-refractivity contribution in [2.75, 3.05) is 0 Å². The number of para-hydroxylation sites is 1. The predicted octanol–water partition coefficient (Wildman–Crippen LogP) is 4.41. The van der Waals surface area contributed by atoms with Gasteiger partial charge in [-0.1, -0.05) is 42.5 Å². The molecule has 0 saturated carbocycles. The molecule has 1 unspecified atom stereocenters. The molecule has 0 spiro atoms. The molecular formula is C19H25NO. The van der Waals surface area contributed by atoms with Crippen LogP contribution in [0.25, 0.3) is 0 Å². The van der Waals surface area contributed by atoms with Crippen LogP contribution < -0.4 is 10.5 Å². The molecule has 112 valence electrons. The fraction of sp³-hybridized carbons (Fsp3) is 0.368. The van der Waals surface area contributed by atoms with Gasteiger partial charge in [0.2, 0.25) is 0 Å². The van der Waals surface area contributed by atoms with Crippen molar-refractivity contribution in [1.29, 1.82) is 0 Å². The highest BCUT2D eigenvalue weighted by Gasteiger charge is 2.13. The average Bonchev–Trinajstić information content (AvgIpc) is 2.46. The quantitative estimate of drug-likeness (QED) is 0.852. The molecule has 2 N–H and O–H groups in total. The highest BCUT2D eigenvalue weighted by molar-refractivity contribution is 5.36. The fourth-order valence-electron chi connectivity index (χ4n) is 2.51. The number of hydrogen-bond donors (Lipinski definition) is 1. The van der Waals surface area contributed by atoms with Gasteiger partial charge in [-0.05, 0) is 50.8 Å². The topological polar surface area (TPSA) is 35.2 Å². The number of nitrogens with two attached hydrogens (primary N) is 1. The van der Waals surface area contributed by atoms with Gasteiger partial charge in [-0.15, -0.1) is 0 Å². The first kappa shape index (κ1) is 15.6. The van der Waals surface area contributed by atoms with Gasteiger partial charge in [0.25, 0.3) is 0 Å². The highest BCUT2D eigenvalue weighted by Crippen LogP contribution is 2.27. The lowest BCUT2D eigenvalue weighted by atomic mass is 9.97. The van der Waals surface area contributed by atoms with Crippen LogP contribution in [0.3, 0.4) is 0 Å². The van der Waals surface area contributed by atoms with E-state index in [9.17, 15) is 0 Å². The molecule has 0 aliphatic heterocycles. The fourth-order valence-corrected chi connectivity index (χ4v) is 2.51. The molecular weight excluding hydrogens is 258 g/mol. The number of aryl methyl sites for hydroxylation is 2. The maximum Gasteiger partial charge on any atom is 0.124 e. The number of rotatable bonds is 6. The summed E-state index contributed by atoms with van der Waals surface area (Å²) in [4.78, 5) is 0. The molecule has 2 heteroatoms. The van der Waals surface area contributed by atoms with Crippen LogP contribution in [0.5, 0.6) is 5.75 Å². The molecule has 2 aromatic rings. The Bertz CT molecular complexity index is 577. The minimum atomic E-state index is -0.000411. The normalized spacial score (nSPS) is 12.4. The van der Waals surface area contributed by atoms with Crippen molar-refractivity contribution in [3.8, 4) is 5.75 Å². The van der Waals surface area contributed by atoms with Crippen LogP contribution in [-0.2, 0) is 6.42 Å². The summed E-state index contributed by atoms with van der Waals surface area (Å²) in [6, 6.07) is 16.6. The molecule has 2 aromatic carbocycles. The minimum Gasteiger partial charge on any atom is -0.491 e. The summed E-state index contributed by atoms with van der Waals surface area (Å²) in [6.45, 7) is 6.22. The van der Waals surface area contributed by atoms with E-state index in [1.165, 1.54) is 11.1 Å². The lowest BCUT2D eigenvalue weighted by Crippen LogP contribution is -2.15. The third-order valence-electron chi connectivity index (χ3n) is 3.67. The minimum absolute atomic E-state index is 0.000411. The molecule has 2 nitrogen and oxygen atoms in total. The van der Waals surface area contributed by atoms with E-state index >= 15 is 0 Å². The van der Waals surface area contributed by atoms with Crippen molar-refractivity contribution in [3.63, 3.8) is 0 Å². The Morgan fingerprint density at radius 2 is 1.67 bits per heavy atom. The molecule has 0 radical (unpaired) electrons. The van der Waals surface area contributed by atoms with E-state index in [4.69, 9.17) is 10.5 Å². The van der Waals surface area contributed by atoms with Gasteiger partial charge >= 0.3 is 0 Å². The second-order valence-electron chi connectivity index (χ2n) is 5.78. The summed E-state index contributed by atoms with van der Waals surface area (Å²) < 4.78 is 5.86. The van der Waals surface area contributed by atoms with Gasteiger partial charge < -0.3 is 10.5 Å². The monoisotopic (exact) mass is 283 g/mol. The third kappa shape index (κ3) is 4.33. The first-order chi connectivity index (χ1) is 10.1. The Hall–Kier alpha value is -1.80. The van der Waals surface area contributed by atoms with Gasteiger partial charge in [0.15, 0.2) is 0 Å². The Morgan fingerprint density at radius 3 is 2.38 bits per heavy atom. The lowest BCUT2D eigenvalue weighted by Gasteiger charge is -2.19. The Kier molecular flexibility index (Phi) is 5.40. The highest BCUT2D eigenvalue weighted by atomic mass is 16.5. The van der Waals surface area contributed by atoms with Gasteiger partial charge in [0.1, 0.15) is 5.75 Å². The van der Waals surface area contributed by atoms with Crippen LogP contribution in [-0.4, -0.2) is 6.10 Å². The molecule has 0 heterocycles. The van der Waals surface area contributed by atoms with E-state index in [0.29, 0.717) is 0 Å². The maximum atomic E-state index is 6.39. The summed E-state index contributed by atoms with van der Waals surface area (Å²) in [5.41, 5.74) is 10.2. The number of benzene rings is 2. The van der Waals surface area contributed by atoms with Crippen molar-refractivity contribution in [1.82, 2.24) is 0 Å². The number of ether oxygens (including phenoxy) is 1. The summed E-state index contributed by atoms with van der Waals surface area (Å²) >= 11 is 0. The van der Waals surface area contributed by atoms with Gasteiger partial charge in [0, 0.05) is 11.6 Å². The molecule has 0 amide bonds. The SMILES string of the molecule is Cc1ccccc1CCC(N)c1ccccc1OC(C)C. The lowest BCUT2D eigenvalue weighted by molar-refractivity contribution is 0.238. The molecule has 1 atom stereocenters. The predicted molar refractivity (Wildman–Crippen MR) is 88.6 cm³/mol. The first-order valence-electron chi connectivity index (χ1n) is 7.63. The number of hydrogen-bond acceptors (Lipinski definition) is 2. The first-order valence-corrected chi connectivity index (χ1v) is 7.63. The van der Waals surface area contributed by atoms with Crippen LogP contribution in [0.2, 0.25) is 0 Å². The van der Waals surface area contributed by atoms with E-state index < -0.39 is 0 Å². The van der Waals surface area contributed by atoms with Crippen LogP contribution in [0.1, 0.15) is 43.0 Å². The zero-order chi connectivity index (χ0) is 15.2. The molecule has 0 bridgehead atoms. The van der Waals surface area contributed by atoms with E-state index in [-0.39, 0.29) is 12.1 Å². The molecule has 21 heavy (non-hydrogen) atoms. The molecule has 2 rings (SSSR count). The molecule has 0 aromatic heterocycles. The summed E-state index contributed by atoms with van der Waals surface area (Å²) in [6.07, 6.45) is 2.07. The zero-order valence-electron chi connectivity index (χ0n) is 13.2. The smallest absolute Gasteiger partial charge is 0.124 e. The van der Waals surface area contributed by atoms with Crippen LogP contribution in [0.4, 0.5) is 0 Å². The van der Waals surface area contributed by atoms with Crippen molar-refractivity contribution in [2.24, 2.45) is 5.73 Å². The zero-order valence-corrected chi connectivity index (χ0v) is 13.2. The largest absolute Gasteiger partial charge is 0.491 e.